The number of aliphatic carboxylic acids is 1. The highest BCUT2D eigenvalue weighted by Gasteiger charge is 2.23. The molecule has 0 atom stereocenters. The third kappa shape index (κ3) is 7.20. The maximum Gasteiger partial charge on any atom is 0.307 e. The van der Waals surface area contributed by atoms with Crippen LogP contribution in [0.2, 0.25) is 0 Å². The molecule has 0 aliphatic heterocycles. The topological polar surface area (TPSA) is 72.8 Å². The number of carbonyl (C=O) groups excluding carboxylic acids is 1. The van der Waals surface area contributed by atoms with Gasteiger partial charge in [0.1, 0.15) is 18.1 Å². The summed E-state index contributed by atoms with van der Waals surface area (Å²) in [4.78, 5) is 25.1. The molecule has 0 saturated heterocycles. The highest BCUT2D eigenvalue weighted by molar-refractivity contribution is 9.11. The Hall–Kier alpha value is -3.42. The Morgan fingerprint density at radius 2 is 1.48 bits per heavy atom. The second-order valence-electron chi connectivity index (χ2n) is 10.1. The minimum atomic E-state index is -0.929. The molecule has 0 aromatic heterocycles. The minimum Gasteiger partial charge on any atom is -0.489 e. The molecule has 0 radical (unpaired) electrons. The van der Waals surface area contributed by atoms with Crippen molar-refractivity contribution in [2.45, 2.75) is 46.6 Å². The van der Waals surface area contributed by atoms with Crippen LogP contribution in [0.15, 0.2) is 81.7 Å². The van der Waals surface area contributed by atoms with Crippen LogP contribution in [0.5, 0.6) is 17.2 Å². The molecule has 0 heterocycles. The molecule has 0 fully saturated rings. The summed E-state index contributed by atoms with van der Waals surface area (Å²) in [5, 5.41) is 9.21. The molecule has 4 aromatic carbocycles. The molecule has 0 bridgehead atoms. The number of aryl methyl sites for hydroxylation is 2. The zero-order valence-corrected chi connectivity index (χ0v) is 25.9. The largest absolute Gasteiger partial charge is 0.489 e. The Labute approximate surface area is 251 Å². The van der Waals surface area contributed by atoms with E-state index in [1.807, 2.05) is 56.3 Å². The Morgan fingerprint density at radius 3 is 2.08 bits per heavy atom. The lowest BCUT2D eigenvalue weighted by Gasteiger charge is -2.20. The van der Waals surface area contributed by atoms with Crippen molar-refractivity contribution in [3.05, 3.63) is 121 Å². The molecule has 7 heteroatoms. The Bertz CT molecular complexity index is 1550. The summed E-state index contributed by atoms with van der Waals surface area (Å²) in [6.07, 6.45) is -0.126. The van der Waals surface area contributed by atoms with E-state index < -0.39 is 5.97 Å². The highest BCUT2D eigenvalue weighted by Crippen LogP contribution is 2.42. The molecule has 0 aliphatic rings. The van der Waals surface area contributed by atoms with Gasteiger partial charge in [0.25, 0.3) is 0 Å². The number of benzene rings is 4. The van der Waals surface area contributed by atoms with Crippen LogP contribution in [0.25, 0.3) is 0 Å². The van der Waals surface area contributed by atoms with E-state index in [2.05, 4.69) is 51.8 Å². The maximum absolute atomic E-state index is 13.9. The van der Waals surface area contributed by atoms with E-state index >= 15 is 0 Å². The first-order chi connectivity index (χ1) is 19.0. The van der Waals surface area contributed by atoms with Crippen molar-refractivity contribution in [2.24, 2.45) is 0 Å². The van der Waals surface area contributed by atoms with Crippen molar-refractivity contribution in [1.29, 1.82) is 0 Å². The number of rotatable bonds is 10. The number of carboxylic acid groups (broad SMARTS) is 1. The monoisotopic (exact) mass is 664 g/mol. The van der Waals surface area contributed by atoms with Gasteiger partial charge >= 0.3 is 5.97 Å². The molecule has 4 aromatic rings. The summed E-state index contributed by atoms with van der Waals surface area (Å²) in [5.41, 5.74) is 5.58. The third-order valence-electron chi connectivity index (χ3n) is 6.36. The van der Waals surface area contributed by atoms with E-state index in [0.29, 0.717) is 49.5 Å². The maximum atomic E-state index is 13.9. The number of hydrogen-bond donors (Lipinski definition) is 1. The van der Waals surface area contributed by atoms with Gasteiger partial charge in [-0.05, 0) is 93.1 Å². The van der Waals surface area contributed by atoms with Gasteiger partial charge in [0.05, 0.1) is 20.9 Å². The van der Waals surface area contributed by atoms with Crippen molar-refractivity contribution >= 4 is 43.6 Å². The number of halogens is 2. The van der Waals surface area contributed by atoms with Crippen LogP contribution < -0.4 is 9.47 Å². The number of hydrogen-bond acceptors (Lipinski definition) is 4. The van der Waals surface area contributed by atoms with Gasteiger partial charge in [-0.25, -0.2) is 0 Å². The van der Waals surface area contributed by atoms with Gasteiger partial charge in [0.2, 0.25) is 0 Å². The molecule has 0 amide bonds. The zero-order valence-electron chi connectivity index (χ0n) is 22.8. The molecular formula is C33H30Br2O5. The van der Waals surface area contributed by atoms with Gasteiger partial charge in [-0.2, -0.15) is 0 Å². The normalized spacial score (nSPS) is 11.0. The van der Waals surface area contributed by atoms with Crippen molar-refractivity contribution in [3.8, 4) is 17.2 Å². The third-order valence-corrected chi connectivity index (χ3v) is 7.54. The van der Waals surface area contributed by atoms with Gasteiger partial charge in [-0.1, -0.05) is 67.4 Å². The van der Waals surface area contributed by atoms with E-state index in [1.165, 1.54) is 0 Å². The molecule has 0 aliphatic carbocycles. The van der Waals surface area contributed by atoms with Crippen LogP contribution >= 0.6 is 31.9 Å². The second-order valence-corrected chi connectivity index (χ2v) is 11.8. The zero-order chi connectivity index (χ0) is 29.0. The Kier molecular flexibility index (Phi) is 9.48. The summed E-state index contributed by atoms with van der Waals surface area (Å²) in [6.45, 7) is 8.47. The molecule has 4 rings (SSSR count). The van der Waals surface area contributed by atoms with Gasteiger partial charge in [0.15, 0.2) is 11.5 Å². The van der Waals surface area contributed by atoms with E-state index in [-0.39, 0.29) is 18.1 Å². The van der Waals surface area contributed by atoms with Crippen LogP contribution in [-0.2, 0) is 17.8 Å². The first-order valence-electron chi connectivity index (χ1n) is 12.9. The molecule has 1 N–H and O–H groups in total. The molecule has 0 saturated carbocycles. The summed E-state index contributed by atoms with van der Waals surface area (Å²) in [5.74, 6) is 0.407. The van der Waals surface area contributed by atoms with Crippen molar-refractivity contribution < 1.29 is 24.2 Å². The number of ketones is 1. The molecule has 0 spiro atoms. The number of carbonyl (C=O) groups is 2. The average Bonchev–Trinajstić information content (AvgIpc) is 2.88. The van der Waals surface area contributed by atoms with E-state index in [1.54, 1.807) is 24.3 Å². The van der Waals surface area contributed by atoms with Crippen LogP contribution in [-0.4, -0.2) is 16.9 Å². The standard InChI is InChI=1S/C33H30Br2O5/c1-19(2)25-16-30(40-33-27(34)13-23(14-28(33)35)15-31(36)37)26(32(38)24-10-6-8-21(4)12-24)17-29(25)39-18-22-9-5-7-20(3)11-22/h5-14,16-17,19H,15,18H2,1-4H3,(H,36,37). The summed E-state index contributed by atoms with van der Waals surface area (Å²) in [7, 11) is 0. The fourth-order valence-electron chi connectivity index (χ4n) is 4.42. The number of carboxylic acids is 1. The Morgan fingerprint density at radius 1 is 0.825 bits per heavy atom. The van der Waals surface area contributed by atoms with E-state index in [4.69, 9.17) is 9.47 Å². The number of ether oxygens (including phenoxy) is 2. The molecule has 5 nitrogen and oxygen atoms in total. The van der Waals surface area contributed by atoms with Crippen LogP contribution in [0.4, 0.5) is 0 Å². The molecule has 40 heavy (non-hydrogen) atoms. The quantitative estimate of drug-likeness (QED) is 0.171. The lowest BCUT2D eigenvalue weighted by Crippen LogP contribution is -2.08. The fourth-order valence-corrected chi connectivity index (χ4v) is 5.86. The van der Waals surface area contributed by atoms with Gasteiger partial charge < -0.3 is 14.6 Å². The van der Waals surface area contributed by atoms with E-state index in [0.717, 1.165) is 22.3 Å². The predicted molar refractivity (Wildman–Crippen MR) is 164 cm³/mol. The lowest BCUT2D eigenvalue weighted by molar-refractivity contribution is -0.136. The molecular weight excluding hydrogens is 636 g/mol. The fraction of sp³-hybridized carbons (Fsp3) is 0.212. The molecule has 206 valence electrons. The summed E-state index contributed by atoms with van der Waals surface area (Å²) < 4.78 is 13.9. The summed E-state index contributed by atoms with van der Waals surface area (Å²) in [6, 6.07) is 22.6. The van der Waals surface area contributed by atoms with Gasteiger partial charge in [0, 0.05) is 11.1 Å². The highest BCUT2D eigenvalue weighted by atomic mass is 79.9. The average molecular weight is 666 g/mol. The predicted octanol–water partition coefficient (Wildman–Crippen LogP) is 9.18. The van der Waals surface area contributed by atoms with Gasteiger partial charge in [-0.15, -0.1) is 0 Å². The first kappa shape index (κ1) is 29.6. The SMILES string of the molecule is Cc1cccc(COc2cc(C(=O)c3cccc(C)c3)c(Oc3c(Br)cc(CC(=O)O)cc3Br)cc2C(C)C)c1. The summed E-state index contributed by atoms with van der Waals surface area (Å²) >= 11 is 7.04. The van der Waals surface area contributed by atoms with Crippen molar-refractivity contribution in [1.82, 2.24) is 0 Å². The van der Waals surface area contributed by atoms with E-state index in [9.17, 15) is 14.7 Å². The van der Waals surface area contributed by atoms with Crippen LogP contribution in [0, 0.1) is 13.8 Å². The first-order valence-corrected chi connectivity index (χ1v) is 14.5. The minimum absolute atomic E-state index is 0.0859. The molecule has 0 unspecified atom stereocenters. The Balaban J connectivity index is 1.81. The van der Waals surface area contributed by atoms with Crippen molar-refractivity contribution in [3.63, 3.8) is 0 Å². The van der Waals surface area contributed by atoms with Crippen LogP contribution in [0.1, 0.15) is 63.5 Å². The van der Waals surface area contributed by atoms with Gasteiger partial charge in [-0.3, -0.25) is 9.59 Å². The smallest absolute Gasteiger partial charge is 0.307 e. The van der Waals surface area contributed by atoms with Crippen LogP contribution in [0.3, 0.4) is 0 Å². The van der Waals surface area contributed by atoms with Crippen molar-refractivity contribution in [2.75, 3.05) is 0 Å². The second kappa shape index (κ2) is 12.8. The lowest BCUT2D eigenvalue weighted by atomic mass is 9.95.